The van der Waals surface area contributed by atoms with Crippen LogP contribution >= 0.6 is 0 Å². The monoisotopic (exact) mass is 342 g/mol. The zero-order valence-corrected chi connectivity index (χ0v) is 14.1. The smallest absolute Gasteiger partial charge is 0.340 e. The zero-order chi connectivity index (χ0) is 17.4. The molecule has 0 spiro atoms. The average molecular weight is 342 g/mol. The Kier molecular flexibility index (Phi) is 4.19. The van der Waals surface area contributed by atoms with Gasteiger partial charge in [-0.2, -0.15) is 0 Å². The van der Waals surface area contributed by atoms with E-state index in [1.165, 1.54) is 11.3 Å². The van der Waals surface area contributed by atoms with E-state index >= 15 is 0 Å². The van der Waals surface area contributed by atoms with E-state index in [2.05, 4.69) is 5.32 Å². The number of rotatable bonds is 3. The molecule has 2 heterocycles. The molecule has 0 radical (unpaired) electrons. The lowest BCUT2D eigenvalue weighted by molar-refractivity contribution is -0.146. The molecule has 6 nitrogen and oxygen atoms in total. The van der Waals surface area contributed by atoms with E-state index < -0.39 is 18.2 Å². The number of amides is 2. The van der Waals surface area contributed by atoms with Crippen molar-refractivity contribution in [3.63, 3.8) is 0 Å². The fraction of sp³-hybridized carbons (Fsp3) is 0.526. The van der Waals surface area contributed by atoms with E-state index in [-0.39, 0.29) is 17.9 Å². The summed E-state index contributed by atoms with van der Waals surface area (Å²) in [6.45, 7) is 0. The number of carbonyl (C=O) groups is 3. The molecule has 2 aliphatic heterocycles. The van der Waals surface area contributed by atoms with Crippen LogP contribution in [0.15, 0.2) is 24.3 Å². The predicted octanol–water partition coefficient (Wildman–Crippen LogP) is 2.30. The molecule has 6 heteroatoms. The van der Waals surface area contributed by atoms with Crippen molar-refractivity contribution >= 4 is 17.8 Å². The van der Waals surface area contributed by atoms with Crippen LogP contribution in [0.5, 0.6) is 0 Å². The summed E-state index contributed by atoms with van der Waals surface area (Å²) in [5.41, 5.74) is 1.14. The quantitative estimate of drug-likeness (QED) is 0.855. The number of benzene rings is 1. The minimum Gasteiger partial charge on any atom is -0.433 e. The Balaban J connectivity index is 1.54. The van der Waals surface area contributed by atoms with Crippen LogP contribution < -0.4 is 5.32 Å². The van der Waals surface area contributed by atoms with E-state index in [0.29, 0.717) is 24.0 Å². The first-order valence-electron chi connectivity index (χ1n) is 9.06. The highest BCUT2D eigenvalue weighted by atomic mass is 16.6. The lowest BCUT2D eigenvalue weighted by Crippen LogP contribution is -2.49. The Labute approximate surface area is 146 Å². The molecule has 2 fully saturated rings. The predicted molar refractivity (Wildman–Crippen MR) is 89.5 cm³/mol. The maximum Gasteiger partial charge on any atom is 0.340 e. The Morgan fingerprint density at radius 1 is 1.08 bits per heavy atom. The summed E-state index contributed by atoms with van der Waals surface area (Å²) < 4.78 is 5.44. The number of esters is 1. The number of hydrogen-bond acceptors (Lipinski definition) is 4. The molecule has 1 saturated carbocycles. The van der Waals surface area contributed by atoms with E-state index in [0.717, 1.165) is 25.7 Å². The standard InChI is InChI=1S/C19H22N2O4/c22-16-11-10-15(17(23)20-12-6-2-1-3-7-12)21(16)18-13-8-4-5-9-14(13)19(24)25-18/h4-5,8-9,12,15,18H,1-3,6-7,10-11H2,(H,20,23)/t15-,18+/m1/s1. The van der Waals surface area contributed by atoms with Gasteiger partial charge in [-0.1, -0.05) is 37.5 Å². The number of nitrogens with one attached hydrogen (secondary N) is 1. The first kappa shape index (κ1) is 16.1. The Hall–Kier alpha value is -2.37. The molecule has 1 N–H and O–H groups in total. The molecule has 1 aliphatic carbocycles. The minimum atomic E-state index is -0.791. The van der Waals surface area contributed by atoms with Crippen molar-refractivity contribution in [2.75, 3.05) is 0 Å². The van der Waals surface area contributed by atoms with Crippen molar-refractivity contribution in [1.82, 2.24) is 10.2 Å². The summed E-state index contributed by atoms with van der Waals surface area (Å²) in [7, 11) is 0. The fourth-order valence-electron chi connectivity index (χ4n) is 4.13. The number of ether oxygens (including phenoxy) is 1. The second-order valence-corrected chi connectivity index (χ2v) is 7.04. The van der Waals surface area contributed by atoms with Gasteiger partial charge in [-0.25, -0.2) is 4.79 Å². The Morgan fingerprint density at radius 2 is 1.84 bits per heavy atom. The van der Waals surface area contributed by atoms with Crippen LogP contribution in [0.25, 0.3) is 0 Å². The van der Waals surface area contributed by atoms with Crippen LogP contribution in [0.4, 0.5) is 0 Å². The number of nitrogens with zero attached hydrogens (tertiary/aromatic N) is 1. The summed E-state index contributed by atoms with van der Waals surface area (Å²) in [6, 6.07) is 6.67. The summed E-state index contributed by atoms with van der Waals surface area (Å²) >= 11 is 0. The normalized spacial score (nSPS) is 26.5. The van der Waals surface area contributed by atoms with Crippen LogP contribution in [0, 0.1) is 0 Å². The zero-order valence-electron chi connectivity index (χ0n) is 14.1. The first-order valence-corrected chi connectivity index (χ1v) is 9.06. The topological polar surface area (TPSA) is 75.7 Å². The second-order valence-electron chi connectivity index (χ2n) is 7.04. The van der Waals surface area contributed by atoms with E-state index in [1.54, 1.807) is 18.2 Å². The van der Waals surface area contributed by atoms with Gasteiger partial charge in [-0.15, -0.1) is 0 Å². The molecule has 25 heavy (non-hydrogen) atoms. The van der Waals surface area contributed by atoms with Gasteiger partial charge >= 0.3 is 5.97 Å². The molecule has 1 aromatic rings. The van der Waals surface area contributed by atoms with Gasteiger partial charge in [-0.05, 0) is 25.3 Å². The molecule has 0 unspecified atom stereocenters. The van der Waals surface area contributed by atoms with Gasteiger partial charge in [0, 0.05) is 18.0 Å². The van der Waals surface area contributed by atoms with Crippen LogP contribution in [0.3, 0.4) is 0 Å². The molecular formula is C19H22N2O4. The molecule has 4 rings (SSSR count). The van der Waals surface area contributed by atoms with Crippen LogP contribution in [0.1, 0.15) is 67.1 Å². The number of carbonyl (C=O) groups excluding carboxylic acids is 3. The molecule has 2 amide bonds. The lowest BCUT2D eigenvalue weighted by Gasteiger charge is -2.31. The van der Waals surface area contributed by atoms with Gasteiger partial charge < -0.3 is 10.1 Å². The summed E-state index contributed by atoms with van der Waals surface area (Å²) in [6.07, 6.45) is 5.45. The number of cyclic esters (lactones) is 1. The first-order chi connectivity index (χ1) is 12.1. The van der Waals surface area contributed by atoms with Gasteiger partial charge in [0.15, 0.2) is 0 Å². The number of likely N-dealkylation sites (tertiary alicyclic amines) is 1. The van der Waals surface area contributed by atoms with E-state index in [1.807, 2.05) is 6.07 Å². The Bertz CT molecular complexity index is 711. The summed E-state index contributed by atoms with van der Waals surface area (Å²) in [4.78, 5) is 38.7. The van der Waals surface area contributed by atoms with E-state index in [4.69, 9.17) is 4.74 Å². The molecule has 0 bridgehead atoms. The van der Waals surface area contributed by atoms with E-state index in [9.17, 15) is 14.4 Å². The fourth-order valence-corrected chi connectivity index (χ4v) is 4.13. The largest absolute Gasteiger partial charge is 0.433 e. The van der Waals surface area contributed by atoms with Crippen molar-refractivity contribution < 1.29 is 19.1 Å². The number of fused-ring (bicyclic) bond motifs is 1. The van der Waals surface area contributed by atoms with Crippen molar-refractivity contribution in [3.8, 4) is 0 Å². The summed E-state index contributed by atoms with van der Waals surface area (Å²) in [5, 5.41) is 3.10. The summed E-state index contributed by atoms with van der Waals surface area (Å²) in [5.74, 6) is -0.705. The van der Waals surface area contributed by atoms with Gasteiger partial charge in [0.05, 0.1) is 5.56 Å². The minimum absolute atomic E-state index is 0.127. The molecule has 1 aromatic carbocycles. The second kappa shape index (κ2) is 6.50. The molecule has 1 saturated heterocycles. The van der Waals surface area contributed by atoms with Gasteiger partial charge in [0.25, 0.3) is 0 Å². The number of hydrogen-bond donors (Lipinski definition) is 1. The maximum absolute atomic E-state index is 12.8. The molecule has 132 valence electrons. The highest BCUT2D eigenvalue weighted by Crippen LogP contribution is 2.38. The third-order valence-electron chi connectivity index (χ3n) is 5.43. The molecule has 0 aromatic heterocycles. The van der Waals surface area contributed by atoms with Crippen molar-refractivity contribution in [1.29, 1.82) is 0 Å². The van der Waals surface area contributed by atoms with Crippen molar-refractivity contribution in [2.45, 2.75) is 63.3 Å². The Morgan fingerprint density at radius 3 is 2.64 bits per heavy atom. The van der Waals surface area contributed by atoms with Gasteiger partial charge in [0.1, 0.15) is 6.04 Å². The molecular weight excluding hydrogens is 320 g/mol. The van der Waals surface area contributed by atoms with Crippen LogP contribution in [-0.4, -0.2) is 34.8 Å². The van der Waals surface area contributed by atoms with Gasteiger partial charge in [-0.3, -0.25) is 14.5 Å². The van der Waals surface area contributed by atoms with Gasteiger partial charge in [0.2, 0.25) is 18.0 Å². The third-order valence-corrected chi connectivity index (χ3v) is 5.43. The molecule has 2 atom stereocenters. The van der Waals surface area contributed by atoms with Crippen LogP contribution in [-0.2, 0) is 14.3 Å². The molecule has 3 aliphatic rings. The maximum atomic E-state index is 12.8. The highest BCUT2D eigenvalue weighted by Gasteiger charge is 2.46. The van der Waals surface area contributed by atoms with Crippen LogP contribution in [0.2, 0.25) is 0 Å². The third kappa shape index (κ3) is 2.90. The SMILES string of the molecule is O=C1O[C@H](N2C(=O)CC[C@@H]2C(=O)NC2CCCCC2)c2ccccc21. The lowest BCUT2D eigenvalue weighted by atomic mass is 9.95. The highest BCUT2D eigenvalue weighted by molar-refractivity contribution is 5.96. The van der Waals surface area contributed by atoms with Crippen molar-refractivity contribution in [3.05, 3.63) is 35.4 Å². The average Bonchev–Trinajstić information content (AvgIpc) is 3.16. The van der Waals surface area contributed by atoms with Crippen molar-refractivity contribution in [2.24, 2.45) is 0 Å².